The monoisotopic (exact) mass is 186 g/mol. The molecule has 0 aliphatic carbocycles. The summed E-state index contributed by atoms with van der Waals surface area (Å²) in [5, 5.41) is 0. The van der Waals surface area contributed by atoms with Gasteiger partial charge in [-0.25, -0.2) is 0 Å². The van der Waals surface area contributed by atoms with E-state index in [2.05, 4.69) is 20.8 Å². The molecule has 0 unspecified atom stereocenters. The van der Waals surface area contributed by atoms with Gasteiger partial charge in [-0.2, -0.15) is 0 Å². The topological polar surface area (TPSA) is 26.3 Å². The fourth-order valence-corrected chi connectivity index (χ4v) is 1.35. The highest BCUT2D eigenvalue weighted by molar-refractivity contribution is 5.72. The van der Waals surface area contributed by atoms with Crippen LogP contribution in [0.25, 0.3) is 0 Å². The molecule has 0 amide bonds. The quantitative estimate of drug-likeness (QED) is 0.633. The second-order valence-corrected chi connectivity index (χ2v) is 5.15. The van der Waals surface area contributed by atoms with Gasteiger partial charge in [-0.1, -0.05) is 27.7 Å². The molecule has 78 valence electrons. The maximum absolute atomic E-state index is 11.4. The van der Waals surface area contributed by atoms with E-state index in [-0.39, 0.29) is 23.4 Å². The molecule has 0 fully saturated rings. The predicted octanol–water partition coefficient (Wildman–Crippen LogP) is 3.01. The zero-order valence-corrected chi connectivity index (χ0v) is 9.68. The third-order valence-electron chi connectivity index (χ3n) is 1.67. The van der Waals surface area contributed by atoms with Gasteiger partial charge in [0.2, 0.25) is 0 Å². The van der Waals surface area contributed by atoms with Gasteiger partial charge in [0.05, 0.1) is 12.0 Å². The SMILES string of the molecule is CC(C)OC(=O)[C@@H](C)CC(C)(C)C. The van der Waals surface area contributed by atoms with E-state index in [0.29, 0.717) is 0 Å². The number of carbonyl (C=O) groups excluding carboxylic acids is 1. The van der Waals surface area contributed by atoms with E-state index < -0.39 is 0 Å². The Labute approximate surface area is 81.7 Å². The van der Waals surface area contributed by atoms with E-state index in [9.17, 15) is 4.79 Å². The standard InChI is InChI=1S/C11H22O2/c1-8(2)13-10(12)9(3)7-11(4,5)6/h8-9H,7H2,1-6H3/t9-/m0/s1. The van der Waals surface area contributed by atoms with Gasteiger partial charge in [0.15, 0.2) is 0 Å². The predicted molar refractivity (Wildman–Crippen MR) is 54.5 cm³/mol. The van der Waals surface area contributed by atoms with Crippen molar-refractivity contribution in [3.05, 3.63) is 0 Å². The first-order valence-electron chi connectivity index (χ1n) is 4.93. The average molecular weight is 186 g/mol. The van der Waals surface area contributed by atoms with Crippen LogP contribution in [0.4, 0.5) is 0 Å². The van der Waals surface area contributed by atoms with Crippen molar-refractivity contribution in [2.75, 3.05) is 0 Å². The Morgan fingerprint density at radius 2 is 1.69 bits per heavy atom. The molecule has 0 N–H and O–H groups in total. The lowest BCUT2D eigenvalue weighted by atomic mass is 9.85. The number of esters is 1. The van der Waals surface area contributed by atoms with Gasteiger partial charge in [0.25, 0.3) is 0 Å². The minimum Gasteiger partial charge on any atom is -0.463 e. The average Bonchev–Trinajstić information content (AvgIpc) is 1.81. The van der Waals surface area contributed by atoms with Crippen molar-refractivity contribution in [3.63, 3.8) is 0 Å². The molecule has 0 bridgehead atoms. The first-order chi connectivity index (χ1) is 5.72. The third kappa shape index (κ3) is 6.62. The van der Waals surface area contributed by atoms with Gasteiger partial charge in [0, 0.05) is 0 Å². The highest BCUT2D eigenvalue weighted by Gasteiger charge is 2.22. The number of hydrogen-bond acceptors (Lipinski definition) is 2. The van der Waals surface area contributed by atoms with Crippen molar-refractivity contribution in [1.29, 1.82) is 0 Å². The summed E-state index contributed by atoms with van der Waals surface area (Å²) in [6, 6.07) is 0. The van der Waals surface area contributed by atoms with E-state index >= 15 is 0 Å². The molecular weight excluding hydrogens is 164 g/mol. The second kappa shape index (κ2) is 4.64. The summed E-state index contributed by atoms with van der Waals surface area (Å²) in [6.45, 7) is 12.1. The van der Waals surface area contributed by atoms with Gasteiger partial charge < -0.3 is 4.74 Å². The molecule has 0 aliphatic heterocycles. The van der Waals surface area contributed by atoms with Crippen LogP contribution in [0.15, 0.2) is 0 Å². The zero-order valence-electron chi connectivity index (χ0n) is 9.68. The molecule has 1 atom stereocenters. The van der Waals surface area contributed by atoms with Crippen LogP contribution in [0.5, 0.6) is 0 Å². The number of hydrogen-bond donors (Lipinski definition) is 0. The van der Waals surface area contributed by atoms with E-state index in [0.717, 1.165) is 6.42 Å². The third-order valence-corrected chi connectivity index (χ3v) is 1.67. The highest BCUT2D eigenvalue weighted by Crippen LogP contribution is 2.24. The molecule has 0 saturated heterocycles. The van der Waals surface area contributed by atoms with Gasteiger partial charge in [-0.3, -0.25) is 4.79 Å². The molecular formula is C11H22O2. The first-order valence-corrected chi connectivity index (χ1v) is 4.93. The van der Waals surface area contributed by atoms with Crippen LogP contribution >= 0.6 is 0 Å². The van der Waals surface area contributed by atoms with Crippen LogP contribution in [0.3, 0.4) is 0 Å². The highest BCUT2D eigenvalue weighted by atomic mass is 16.5. The normalized spacial score (nSPS) is 14.4. The van der Waals surface area contributed by atoms with Crippen LogP contribution in [-0.4, -0.2) is 12.1 Å². The number of ether oxygens (including phenoxy) is 1. The summed E-state index contributed by atoms with van der Waals surface area (Å²) in [5.74, 6) is -0.0766. The molecule has 2 nitrogen and oxygen atoms in total. The van der Waals surface area contributed by atoms with Crippen LogP contribution in [0.1, 0.15) is 48.0 Å². The van der Waals surface area contributed by atoms with Crippen molar-refractivity contribution < 1.29 is 9.53 Å². The molecule has 0 aliphatic rings. The fraction of sp³-hybridized carbons (Fsp3) is 0.909. The maximum Gasteiger partial charge on any atom is 0.308 e. The van der Waals surface area contributed by atoms with Gasteiger partial charge in [-0.15, -0.1) is 0 Å². The first kappa shape index (κ1) is 12.5. The van der Waals surface area contributed by atoms with E-state index in [1.807, 2.05) is 20.8 Å². The van der Waals surface area contributed by atoms with Crippen LogP contribution in [-0.2, 0) is 9.53 Å². The van der Waals surface area contributed by atoms with Gasteiger partial charge in [0.1, 0.15) is 0 Å². The molecule has 13 heavy (non-hydrogen) atoms. The van der Waals surface area contributed by atoms with E-state index in [1.165, 1.54) is 0 Å². The van der Waals surface area contributed by atoms with E-state index in [1.54, 1.807) is 0 Å². The minimum absolute atomic E-state index is 0.00222. The van der Waals surface area contributed by atoms with Gasteiger partial charge >= 0.3 is 5.97 Å². The van der Waals surface area contributed by atoms with Crippen LogP contribution < -0.4 is 0 Å². The Morgan fingerprint density at radius 3 is 2.00 bits per heavy atom. The lowest BCUT2D eigenvalue weighted by Gasteiger charge is -2.22. The molecule has 2 heteroatoms. The van der Waals surface area contributed by atoms with Crippen molar-refractivity contribution in [2.24, 2.45) is 11.3 Å². The lowest BCUT2D eigenvalue weighted by Crippen LogP contribution is -2.23. The summed E-state index contributed by atoms with van der Waals surface area (Å²) in [4.78, 5) is 11.4. The molecule has 0 aromatic heterocycles. The lowest BCUT2D eigenvalue weighted by molar-refractivity contribution is -0.152. The second-order valence-electron chi connectivity index (χ2n) is 5.15. The molecule has 0 spiro atoms. The van der Waals surface area contributed by atoms with Crippen molar-refractivity contribution >= 4 is 5.97 Å². The Hall–Kier alpha value is -0.530. The summed E-state index contributed by atoms with van der Waals surface area (Å²) < 4.78 is 5.12. The van der Waals surface area contributed by atoms with E-state index in [4.69, 9.17) is 4.74 Å². The Balaban J connectivity index is 3.97. The Morgan fingerprint density at radius 1 is 1.23 bits per heavy atom. The minimum atomic E-state index is -0.0788. The van der Waals surface area contributed by atoms with Crippen molar-refractivity contribution in [2.45, 2.75) is 54.1 Å². The number of rotatable bonds is 3. The Bertz CT molecular complexity index is 165. The molecule has 0 heterocycles. The molecule has 0 rings (SSSR count). The van der Waals surface area contributed by atoms with Crippen molar-refractivity contribution in [3.8, 4) is 0 Å². The molecule has 0 saturated carbocycles. The maximum atomic E-state index is 11.4. The molecule has 0 radical (unpaired) electrons. The summed E-state index contributed by atoms with van der Waals surface area (Å²) in [6.07, 6.45) is 0.869. The summed E-state index contributed by atoms with van der Waals surface area (Å²) >= 11 is 0. The van der Waals surface area contributed by atoms with Crippen LogP contribution in [0, 0.1) is 11.3 Å². The summed E-state index contributed by atoms with van der Waals surface area (Å²) in [7, 11) is 0. The van der Waals surface area contributed by atoms with Crippen molar-refractivity contribution in [1.82, 2.24) is 0 Å². The van der Waals surface area contributed by atoms with Crippen LogP contribution in [0.2, 0.25) is 0 Å². The fourth-order valence-electron chi connectivity index (χ4n) is 1.35. The van der Waals surface area contributed by atoms with Gasteiger partial charge in [-0.05, 0) is 25.7 Å². The number of carbonyl (C=O) groups is 1. The largest absolute Gasteiger partial charge is 0.463 e. The molecule has 0 aromatic rings. The summed E-state index contributed by atoms with van der Waals surface area (Å²) in [5.41, 5.74) is 0.190. The Kier molecular flexibility index (Phi) is 4.45. The zero-order chi connectivity index (χ0) is 10.6. The molecule has 0 aromatic carbocycles. The smallest absolute Gasteiger partial charge is 0.308 e.